The van der Waals surface area contributed by atoms with Crippen molar-refractivity contribution in [3.63, 3.8) is 0 Å². The highest BCUT2D eigenvalue weighted by atomic mass is 14.5. The Kier molecular flexibility index (Phi) is 6.40. The topological polar surface area (TPSA) is 23.8 Å². The van der Waals surface area contributed by atoms with Crippen LogP contribution in [0.2, 0.25) is 0 Å². The van der Waals surface area contributed by atoms with Gasteiger partial charge in [0.25, 0.3) is 0 Å². The molecule has 1 unspecified atom stereocenters. The van der Waals surface area contributed by atoms with Gasteiger partial charge >= 0.3 is 0 Å². The quantitative estimate of drug-likeness (QED) is 0.457. The molecule has 20 heavy (non-hydrogen) atoms. The molecule has 0 saturated heterocycles. The fourth-order valence-electron chi connectivity index (χ4n) is 4.88. The molecule has 1 nitrogen and oxygen atoms in total. The first-order chi connectivity index (χ1) is 9.80. The van der Waals surface area contributed by atoms with Crippen LogP contribution in [0.3, 0.4) is 0 Å². The van der Waals surface area contributed by atoms with Crippen molar-refractivity contribution in [2.24, 2.45) is 17.3 Å². The molecule has 3 rings (SSSR count). The fourth-order valence-corrected chi connectivity index (χ4v) is 4.88. The van der Waals surface area contributed by atoms with E-state index in [9.17, 15) is 0 Å². The monoisotopic (exact) mass is 275 g/mol. The van der Waals surface area contributed by atoms with Crippen molar-refractivity contribution < 1.29 is 0 Å². The Morgan fingerprint density at radius 1 is 1.00 bits per heavy atom. The Morgan fingerprint density at radius 2 is 1.65 bits per heavy atom. The van der Waals surface area contributed by atoms with Crippen molar-refractivity contribution in [3.05, 3.63) is 0 Å². The second-order valence-corrected chi connectivity index (χ2v) is 7.44. The van der Waals surface area contributed by atoms with Crippen LogP contribution < -0.4 is 0 Å². The van der Waals surface area contributed by atoms with E-state index in [0.717, 1.165) is 18.3 Å². The molecule has 0 radical (unpaired) electrons. The van der Waals surface area contributed by atoms with Crippen molar-refractivity contribution in [2.45, 2.75) is 96.8 Å². The molecule has 0 amide bonds. The number of nitriles is 1. The molecule has 0 aromatic carbocycles. The predicted molar refractivity (Wildman–Crippen MR) is 85.3 cm³/mol. The van der Waals surface area contributed by atoms with Gasteiger partial charge in [-0.15, -0.1) is 0 Å². The summed E-state index contributed by atoms with van der Waals surface area (Å²) in [6.07, 6.45) is 19.2. The summed E-state index contributed by atoms with van der Waals surface area (Å²) in [7, 11) is 0. The Morgan fingerprint density at radius 3 is 2.25 bits per heavy atom. The van der Waals surface area contributed by atoms with Gasteiger partial charge in [-0.1, -0.05) is 39.0 Å². The third-order valence-corrected chi connectivity index (χ3v) is 6.28. The number of nitrogens with zero attached hydrogens (tertiary/aromatic N) is 1. The van der Waals surface area contributed by atoms with Gasteiger partial charge in [-0.25, -0.2) is 0 Å². The number of unbranched alkanes of at least 4 members (excludes halogenated alkanes) is 4. The maximum absolute atomic E-state index is 8.97. The first kappa shape index (κ1) is 15.9. The molecular weight excluding hydrogens is 242 g/mol. The average Bonchev–Trinajstić information content (AvgIpc) is 2.51. The van der Waals surface area contributed by atoms with Gasteiger partial charge in [-0.05, 0) is 68.6 Å². The van der Waals surface area contributed by atoms with E-state index in [2.05, 4.69) is 13.0 Å². The largest absolute Gasteiger partial charge is 0.198 e. The lowest BCUT2D eigenvalue weighted by Gasteiger charge is -2.51. The van der Waals surface area contributed by atoms with Crippen molar-refractivity contribution in [2.75, 3.05) is 0 Å². The lowest BCUT2D eigenvalue weighted by atomic mass is 9.54. The minimum Gasteiger partial charge on any atom is -0.198 e. The van der Waals surface area contributed by atoms with Crippen LogP contribution >= 0.6 is 0 Å². The molecule has 0 aliphatic heterocycles. The van der Waals surface area contributed by atoms with E-state index in [1.807, 2.05) is 0 Å². The van der Waals surface area contributed by atoms with Gasteiger partial charge in [0, 0.05) is 6.42 Å². The maximum Gasteiger partial charge on any atom is 0.0621 e. The Hall–Kier alpha value is -0.510. The van der Waals surface area contributed by atoms with Gasteiger partial charge in [0.1, 0.15) is 0 Å². The van der Waals surface area contributed by atoms with Gasteiger partial charge in [0.15, 0.2) is 0 Å². The first-order valence-electron chi connectivity index (χ1n) is 9.17. The summed E-state index contributed by atoms with van der Waals surface area (Å²) in [6, 6.07) is 2.40. The van der Waals surface area contributed by atoms with Gasteiger partial charge < -0.3 is 0 Å². The van der Waals surface area contributed by atoms with Crippen molar-refractivity contribution in [1.82, 2.24) is 0 Å². The molecular formula is C19H33N. The second-order valence-electron chi connectivity index (χ2n) is 7.44. The van der Waals surface area contributed by atoms with E-state index >= 15 is 0 Å². The molecule has 114 valence electrons. The lowest BCUT2D eigenvalue weighted by Crippen LogP contribution is -2.40. The first-order valence-corrected chi connectivity index (χ1v) is 9.17. The van der Waals surface area contributed by atoms with Crippen molar-refractivity contribution in [1.29, 1.82) is 5.26 Å². The Bertz CT molecular complexity index is 292. The smallest absolute Gasteiger partial charge is 0.0621 e. The zero-order chi connectivity index (χ0) is 14.3. The average molecular weight is 275 g/mol. The third kappa shape index (κ3) is 4.00. The van der Waals surface area contributed by atoms with E-state index in [1.165, 1.54) is 83.5 Å². The highest BCUT2D eigenvalue weighted by Gasteiger charge is 2.44. The molecule has 3 fully saturated rings. The zero-order valence-corrected chi connectivity index (χ0v) is 13.5. The minimum absolute atomic E-state index is 0.649. The molecule has 1 heteroatoms. The highest BCUT2D eigenvalue weighted by Crippen LogP contribution is 2.56. The maximum atomic E-state index is 8.97. The second kappa shape index (κ2) is 8.06. The summed E-state index contributed by atoms with van der Waals surface area (Å²) in [5.41, 5.74) is 0.649. The molecule has 0 aromatic rings. The molecule has 0 N–H and O–H groups in total. The highest BCUT2D eigenvalue weighted by molar-refractivity contribution is 4.96. The Balaban J connectivity index is 1.84. The van der Waals surface area contributed by atoms with Gasteiger partial charge in [0.05, 0.1) is 6.07 Å². The van der Waals surface area contributed by atoms with Crippen molar-refractivity contribution >= 4 is 0 Å². The van der Waals surface area contributed by atoms with Crippen LogP contribution in [0.1, 0.15) is 96.8 Å². The number of fused-ring (bicyclic) bond motifs is 3. The van der Waals surface area contributed by atoms with E-state index in [-0.39, 0.29) is 0 Å². The summed E-state index contributed by atoms with van der Waals surface area (Å²) in [5, 5.41) is 8.97. The van der Waals surface area contributed by atoms with Crippen LogP contribution in [0.5, 0.6) is 0 Å². The van der Waals surface area contributed by atoms with Crippen molar-refractivity contribution in [3.8, 4) is 6.07 Å². The summed E-state index contributed by atoms with van der Waals surface area (Å²) < 4.78 is 0. The number of rotatable bonds is 9. The van der Waals surface area contributed by atoms with E-state index in [0.29, 0.717) is 5.41 Å². The van der Waals surface area contributed by atoms with Gasteiger partial charge in [-0.2, -0.15) is 5.26 Å². The Labute approximate surface area is 126 Å². The standard InChI is InChI=1S/C19H33N/c1-2-3-4-5-6-8-18(9-7-16-20)19-13-10-17(11-14-19)12-15-19/h17-18H,2-15H2,1H3. The molecule has 1 atom stereocenters. The fraction of sp³-hybridized carbons (Fsp3) is 0.947. The summed E-state index contributed by atoms with van der Waals surface area (Å²) in [6.45, 7) is 2.29. The third-order valence-electron chi connectivity index (χ3n) is 6.28. The van der Waals surface area contributed by atoms with Gasteiger partial charge in [0.2, 0.25) is 0 Å². The molecule has 3 aliphatic carbocycles. The van der Waals surface area contributed by atoms with Crippen LogP contribution in [0, 0.1) is 28.6 Å². The minimum atomic E-state index is 0.649. The number of hydrogen-bond acceptors (Lipinski definition) is 1. The summed E-state index contributed by atoms with van der Waals surface area (Å²) in [5.74, 6) is 1.91. The predicted octanol–water partition coefficient (Wildman–Crippen LogP) is 6.24. The molecule has 3 saturated carbocycles. The van der Waals surface area contributed by atoms with Crippen LogP contribution in [0.15, 0.2) is 0 Å². The number of hydrogen-bond donors (Lipinski definition) is 0. The molecule has 0 spiro atoms. The molecule has 2 bridgehead atoms. The molecule has 3 aliphatic rings. The lowest BCUT2D eigenvalue weighted by molar-refractivity contribution is -0.000280. The summed E-state index contributed by atoms with van der Waals surface area (Å²) in [4.78, 5) is 0. The van der Waals surface area contributed by atoms with E-state index in [4.69, 9.17) is 5.26 Å². The van der Waals surface area contributed by atoms with Crippen LogP contribution in [-0.2, 0) is 0 Å². The van der Waals surface area contributed by atoms with E-state index in [1.54, 1.807) is 0 Å². The normalized spacial score (nSPS) is 30.1. The molecule has 0 aromatic heterocycles. The summed E-state index contributed by atoms with van der Waals surface area (Å²) >= 11 is 0. The zero-order valence-electron chi connectivity index (χ0n) is 13.5. The van der Waals surface area contributed by atoms with Crippen LogP contribution in [0.25, 0.3) is 0 Å². The van der Waals surface area contributed by atoms with Gasteiger partial charge in [-0.3, -0.25) is 0 Å². The van der Waals surface area contributed by atoms with Crippen LogP contribution in [-0.4, -0.2) is 0 Å². The van der Waals surface area contributed by atoms with E-state index < -0.39 is 0 Å². The SMILES string of the molecule is CCCCCCCC(CCC#N)C12CCC(CC1)CC2. The van der Waals surface area contributed by atoms with Crippen LogP contribution in [0.4, 0.5) is 0 Å². The molecule has 0 heterocycles.